The number of aliphatic hydroxyl groups excluding tert-OH is 1. The lowest BCUT2D eigenvalue weighted by atomic mass is 9.72. The van der Waals surface area contributed by atoms with Crippen molar-refractivity contribution in [1.29, 1.82) is 0 Å². The van der Waals surface area contributed by atoms with Crippen molar-refractivity contribution >= 4 is 23.4 Å². The Hall–Kier alpha value is -2.97. The Labute approximate surface area is 263 Å². The van der Waals surface area contributed by atoms with Gasteiger partial charge in [0.2, 0.25) is 17.7 Å². The number of aliphatic hydroxyl groups is 1. The van der Waals surface area contributed by atoms with E-state index in [1.807, 2.05) is 80.3 Å². The lowest BCUT2D eigenvalue weighted by molar-refractivity contribution is -0.160. The molecule has 0 bridgehead atoms. The molecule has 5 rings (SSSR count). The van der Waals surface area contributed by atoms with Crippen molar-refractivity contribution in [3.8, 4) is 0 Å². The second kappa shape index (κ2) is 11.4. The van der Waals surface area contributed by atoms with Crippen LogP contribution in [0.5, 0.6) is 0 Å². The minimum Gasteiger partial charge on any atom is -0.394 e. The molecule has 4 heterocycles. The number of para-hydroxylation sites is 1. The molecule has 1 aromatic rings. The van der Waals surface area contributed by atoms with Gasteiger partial charge in [-0.1, -0.05) is 90.5 Å². The molecule has 0 aliphatic carbocycles. The normalized spacial score (nSPS) is 31.9. The summed E-state index contributed by atoms with van der Waals surface area (Å²) in [5.74, 6) is -2.50. The number of rotatable bonds is 8. The number of ether oxygens (including phenoxy) is 1. The Morgan fingerprint density at radius 3 is 2.18 bits per heavy atom. The van der Waals surface area contributed by atoms with E-state index in [-0.39, 0.29) is 35.7 Å². The highest BCUT2D eigenvalue weighted by atomic mass is 16.5. The fourth-order valence-electron chi connectivity index (χ4n) is 8.65. The summed E-state index contributed by atoms with van der Waals surface area (Å²) in [4.78, 5) is 49.9. The van der Waals surface area contributed by atoms with Crippen LogP contribution in [0, 0.1) is 23.2 Å². The summed E-state index contributed by atoms with van der Waals surface area (Å²) in [5, 5.41) is 10.7. The van der Waals surface area contributed by atoms with Crippen molar-refractivity contribution in [3.05, 3.63) is 54.6 Å². The van der Waals surface area contributed by atoms with Crippen LogP contribution >= 0.6 is 0 Å². The van der Waals surface area contributed by atoms with Gasteiger partial charge in [0.1, 0.15) is 11.6 Å². The summed E-state index contributed by atoms with van der Waals surface area (Å²) >= 11 is 0. The number of carbonyl (C=O) groups is 3. The first-order valence-electron chi connectivity index (χ1n) is 16.3. The maximum Gasteiger partial charge on any atom is 0.249 e. The van der Waals surface area contributed by atoms with Gasteiger partial charge >= 0.3 is 0 Å². The first kappa shape index (κ1) is 32.4. The first-order valence-corrected chi connectivity index (χ1v) is 16.3. The predicted octanol–water partition coefficient (Wildman–Crippen LogP) is 4.97. The maximum absolute atomic E-state index is 15.0. The van der Waals surface area contributed by atoms with Crippen LogP contribution in [0.1, 0.15) is 74.7 Å². The molecule has 1 spiro atoms. The van der Waals surface area contributed by atoms with E-state index in [4.69, 9.17) is 4.74 Å². The van der Waals surface area contributed by atoms with Gasteiger partial charge < -0.3 is 24.5 Å². The van der Waals surface area contributed by atoms with Crippen molar-refractivity contribution in [2.24, 2.45) is 23.2 Å². The zero-order valence-electron chi connectivity index (χ0n) is 27.7. The van der Waals surface area contributed by atoms with Crippen LogP contribution in [0.2, 0.25) is 0 Å². The molecule has 44 heavy (non-hydrogen) atoms. The van der Waals surface area contributed by atoms with Gasteiger partial charge in [-0.25, -0.2) is 0 Å². The Bertz CT molecular complexity index is 1330. The van der Waals surface area contributed by atoms with Gasteiger partial charge in [-0.05, 0) is 50.2 Å². The van der Waals surface area contributed by atoms with Crippen molar-refractivity contribution in [2.75, 3.05) is 24.6 Å². The summed E-state index contributed by atoms with van der Waals surface area (Å²) in [7, 11) is 0. The van der Waals surface area contributed by atoms with Crippen LogP contribution in [-0.4, -0.2) is 81.1 Å². The second-order valence-electron chi connectivity index (χ2n) is 15.1. The number of fused-ring (bicyclic) bond motifs is 2. The number of nitrogens with zero attached hydrogens (tertiary/aromatic N) is 3. The van der Waals surface area contributed by atoms with E-state index in [9.17, 15) is 14.7 Å². The number of anilines is 1. The summed E-state index contributed by atoms with van der Waals surface area (Å²) < 4.78 is 7.16. The Morgan fingerprint density at radius 1 is 0.932 bits per heavy atom. The number of carbonyl (C=O) groups excluding carboxylic acids is 3. The van der Waals surface area contributed by atoms with Crippen LogP contribution in [0.15, 0.2) is 54.6 Å². The third-order valence-corrected chi connectivity index (χ3v) is 10.5. The molecule has 2 fully saturated rings. The minimum atomic E-state index is -1.36. The highest BCUT2D eigenvalue weighted by Crippen LogP contribution is 2.59. The molecule has 240 valence electrons. The van der Waals surface area contributed by atoms with E-state index in [1.165, 1.54) is 0 Å². The van der Waals surface area contributed by atoms with Crippen molar-refractivity contribution in [2.45, 2.75) is 103 Å². The number of benzene rings is 1. The predicted molar refractivity (Wildman–Crippen MR) is 172 cm³/mol. The minimum absolute atomic E-state index is 0.0446. The lowest BCUT2D eigenvalue weighted by Crippen LogP contribution is -2.62. The van der Waals surface area contributed by atoms with E-state index in [0.717, 1.165) is 18.5 Å². The molecule has 2 saturated heterocycles. The topological polar surface area (TPSA) is 90.4 Å². The Kier molecular flexibility index (Phi) is 8.43. The first-order chi connectivity index (χ1) is 20.7. The zero-order valence-corrected chi connectivity index (χ0v) is 27.7. The van der Waals surface area contributed by atoms with Gasteiger partial charge in [-0.3, -0.25) is 14.4 Å². The Balaban J connectivity index is 1.70. The molecule has 1 unspecified atom stereocenters. The third-order valence-electron chi connectivity index (χ3n) is 10.5. The van der Waals surface area contributed by atoms with Gasteiger partial charge in [-0.15, -0.1) is 0 Å². The molecule has 0 radical (unpaired) electrons. The van der Waals surface area contributed by atoms with Crippen molar-refractivity contribution in [1.82, 2.24) is 9.80 Å². The van der Waals surface area contributed by atoms with Gasteiger partial charge in [0.25, 0.3) is 0 Å². The van der Waals surface area contributed by atoms with Crippen LogP contribution in [0.4, 0.5) is 5.69 Å². The fraction of sp³-hybridized carbons (Fsp3) is 0.639. The van der Waals surface area contributed by atoms with Crippen LogP contribution in [0.3, 0.4) is 0 Å². The molecule has 0 saturated carbocycles. The molecule has 4 aliphatic heterocycles. The number of hydrogen-bond donors (Lipinski definition) is 1. The highest BCUT2D eigenvalue weighted by molar-refractivity contribution is 6.04. The maximum atomic E-state index is 15.0. The van der Waals surface area contributed by atoms with Crippen LogP contribution in [-0.2, 0) is 19.1 Å². The highest BCUT2D eigenvalue weighted by Gasteiger charge is 2.76. The number of amides is 3. The molecular formula is C36H51N3O5. The average molecular weight is 606 g/mol. The second-order valence-corrected chi connectivity index (χ2v) is 15.1. The molecule has 3 amide bonds. The van der Waals surface area contributed by atoms with E-state index in [1.54, 1.807) is 9.80 Å². The fourth-order valence-corrected chi connectivity index (χ4v) is 8.65. The molecular weight excluding hydrogens is 554 g/mol. The van der Waals surface area contributed by atoms with Gasteiger partial charge in [0.05, 0.1) is 30.1 Å². The molecule has 4 aliphatic rings. The van der Waals surface area contributed by atoms with E-state index < -0.39 is 40.7 Å². The SMILES string of the molecule is CC[C@H](C)[C@H](CO)N1C(=O)[C@@H]2[C@H]3C(=O)N(c4ccccc4)CC=C[C@@]3(CC)O[C@@]23C=CCN(C(C)(C)CC(C)(C)C)C(=O)C13. The number of likely N-dealkylation sites (tertiary alicyclic amines) is 1. The summed E-state index contributed by atoms with van der Waals surface area (Å²) in [6.07, 6.45) is 9.73. The van der Waals surface area contributed by atoms with Crippen LogP contribution < -0.4 is 4.90 Å². The standard InChI is InChI=1S/C36H51N3O5/c1-9-24(3)26(22-40)39-29-32(43)38(34(7,8)23-33(4,5)6)21-15-19-36(29)28(31(39)42)27-30(41)37(25-16-12-11-13-17-25)20-14-18-35(27,10-2)44-36/h11-19,24,26-29,40H,9-10,20-23H2,1-8H3/t24-,26-,27-,28-,29?,35+,36-/m0/s1. The summed E-state index contributed by atoms with van der Waals surface area (Å²) in [6.45, 7) is 17.1. The van der Waals surface area contributed by atoms with E-state index >= 15 is 4.79 Å². The molecule has 8 nitrogen and oxygen atoms in total. The summed E-state index contributed by atoms with van der Waals surface area (Å²) in [5.41, 5.74) is -2.23. The quantitative estimate of drug-likeness (QED) is 0.423. The molecule has 7 atom stereocenters. The number of hydrogen-bond acceptors (Lipinski definition) is 5. The molecule has 0 aromatic heterocycles. The monoisotopic (exact) mass is 605 g/mol. The third kappa shape index (κ3) is 5.02. The molecule has 8 heteroatoms. The van der Waals surface area contributed by atoms with Gasteiger partial charge in [0, 0.05) is 24.3 Å². The smallest absolute Gasteiger partial charge is 0.249 e. The van der Waals surface area contributed by atoms with Crippen molar-refractivity contribution < 1.29 is 24.2 Å². The van der Waals surface area contributed by atoms with Crippen LogP contribution in [0.25, 0.3) is 0 Å². The Morgan fingerprint density at radius 2 is 1.59 bits per heavy atom. The largest absolute Gasteiger partial charge is 0.394 e. The van der Waals surface area contributed by atoms with Crippen molar-refractivity contribution in [3.63, 3.8) is 0 Å². The summed E-state index contributed by atoms with van der Waals surface area (Å²) in [6, 6.07) is 7.90. The molecule has 1 aromatic carbocycles. The van der Waals surface area contributed by atoms with Gasteiger partial charge in [-0.2, -0.15) is 0 Å². The average Bonchev–Trinajstić information content (AvgIpc) is 3.24. The van der Waals surface area contributed by atoms with Gasteiger partial charge in [0.15, 0.2) is 0 Å². The zero-order chi connectivity index (χ0) is 32.2. The van der Waals surface area contributed by atoms with E-state index in [2.05, 4.69) is 34.6 Å². The molecule has 1 N–H and O–H groups in total. The van der Waals surface area contributed by atoms with E-state index in [0.29, 0.717) is 19.5 Å². The lowest BCUT2D eigenvalue weighted by Gasteiger charge is -2.46.